The van der Waals surface area contributed by atoms with Gasteiger partial charge in [0.25, 0.3) is 0 Å². The van der Waals surface area contributed by atoms with Crippen molar-refractivity contribution in [2.75, 3.05) is 6.54 Å². The lowest BCUT2D eigenvalue weighted by Crippen LogP contribution is -2.52. The lowest BCUT2D eigenvalue weighted by Gasteiger charge is -2.25. The van der Waals surface area contributed by atoms with Crippen molar-refractivity contribution in [2.24, 2.45) is 17.6 Å². The van der Waals surface area contributed by atoms with Crippen LogP contribution in [0.1, 0.15) is 37.0 Å². The van der Waals surface area contributed by atoms with Crippen LogP contribution < -0.4 is 17.0 Å². The predicted octanol–water partition coefficient (Wildman–Crippen LogP) is 1.51. The van der Waals surface area contributed by atoms with Crippen LogP contribution >= 0.6 is 0 Å². The van der Waals surface area contributed by atoms with Crippen molar-refractivity contribution < 1.29 is 9.59 Å². The molecule has 0 aliphatic heterocycles. The Morgan fingerprint density at radius 1 is 1.35 bits per heavy atom. The average molecular weight is 358 g/mol. The number of hydrogen-bond donors (Lipinski definition) is 3. The number of benzene rings is 1. The summed E-state index contributed by atoms with van der Waals surface area (Å²) in [6, 6.07) is 6.72. The molecule has 0 saturated carbocycles. The standard InChI is InChI=1S/C18H26N6O2/c1-12(2)7-14(4)24(21)18(26)23(20)11-17(25)22-10-15-6-5-13(3)16(8-15)9-19/h5-6,8,12H,4,7,10-11,20-21H2,1-3H3,(H,22,25). The molecule has 0 bridgehead atoms. The van der Waals surface area contributed by atoms with Gasteiger partial charge in [-0.25, -0.2) is 21.5 Å². The van der Waals surface area contributed by atoms with E-state index in [0.717, 1.165) is 21.1 Å². The molecule has 1 aromatic carbocycles. The number of nitriles is 1. The number of urea groups is 1. The second-order valence-corrected chi connectivity index (χ2v) is 6.48. The highest BCUT2D eigenvalue weighted by Crippen LogP contribution is 2.12. The number of amides is 3. The number of hydrogen-bond acceptors (Lipinski definition) is 5. The smallest absolute Gasteiger partial charge is 0.350 e. The second-order valence-electron chi connectivity index (χ2n) is 6.48. The van der Waals surface area contributed by atoms with Crippen molar-refractivity contribution in [3.8, 4) is 6.07 Å². The number of rotatable bonds is 7. The highest BCUT2D eigenvalue weighted by Gasteiger charge is 2.20. The second kappa shape index (κ2) is 9.56. The Labute approximate surface area is 154 Å². The summed E-state index contributed by atoms with van der Waals surface area (Å²) in [5.41, 5.74) is 2.62. The Bertz CT molecular complexity index is 723. The highest BCUT2D eigenvalue weighted by molar-refractivity contribution is 5.84. The molecule has 0 aromatic heterocycles. The monoisotopic (exact) mass is 358 g/mol. The van der Waals surface area contributed by atoms with Crippen LogP contribution in [0.25, 0.3) is 0 Å². The van der Waals surface area contributed by atoms with Crippen molar-refractivity contribution in [3.63, 3.8) is 0 Å². The van der Waals surface area contributed by atoms with E-state index in [9.17, 15) is 9.59 Å². The van der Waals surface area contributed by atoms with Gasteiger partial charge in [-0.3, -0.25) is 9.80 Å². The quantitative estimate of drug-likeness (QED) is 0.387. The van der Waals surface area contributed by atoms with Crippen LogP contribution in [0, 0.1) is 24.2 Å². The van der Waals surface area contributed by atoms with Crippen LogP contribution in [0.3, 0.4) is 0 Å². The summed E-state index contributed by atoms with van der Waals surface area (Å²) >= 11 is 0. The molecule has 3 amide bonds. The van der Waals surface area contributed by atoms with Gasteiger partial charge in [0.15, 0.2) is 0 Å². The number of carbonyl (C=O) groups excluding carboxylic acids is 2. The van der Waals surface area contributed by atoms with Crippen LogP contribution in [0.5, 0.6) is 0 Å². The number of nitrogens with zero attached hydrogens (tertiary/aromatic N) is 3. The minimum absolute atomic E-state index is 0.224. The van der Waals surface area contributed by atoms with Gasteiger partial charge in [-0.2, -0.15) is 5.26 Å². The molecule has 1 aromatic rings. The number of carbonyl (C=O) groups is 2. The first-order chi connectivity index (χ1) is 12.1. The molecular weight excluding hydrogens is 332 g/mol. The lowest BCUT2D eigenvalue weighted by atomic mass is 10.1. The molecule has 8 nitrogen and oxygen atoms in total. The van der Waals surface area contributed by atoms with E-state index in [1.807, 2.05) is 32.9 Å². The number of aryl methyl sites for hydroxylation is 1. The summed E-state index contributed by atoms with van der Waals surface area (Å²) in [4.78, 5) is 24.1. The molecule has 0 unspecified atom stereocenters. The Hall–Kier alpha value is -2.89. The van der Waals surface area contributed by atoms with Gasteiger partial charge in [0.1, 0.15) is 6.54 Å². The van der Waals surface area contributed by atoms with Crippen molar-refractivity contribution in [3.05, 3.63) is 47.2 Å². The third-order valence-electron chi connectivity index (χ3n) is 3.66. The summed E-state index contributed by atoms with van der Waals surface area (Å²) in [6.45, 7) is 9.41. The molecule has 26 heavy (non-hydrogen) atoms. The first kappa shape index (κ1) is 21.2. The molecule has 140 valence electrons. The van der Waals surface area contributed by atoms with Gasteiger partial charge < -0.3 is 5.32 Å². The van der Waals surface area contributed by atoms with Gasteiger partial charge in [-0.15, -0.1) is 0 Å². The predicted molar refractivity (Wildman–Crippen MR) is 98.7 cm³/mol. The number of allylic oxidation sites excluding steroid dienone is 1. The van der Waals surface area contributed by atoms with E-state index in [0.29, 0.717) is 17.7 Å². The third kappa shape index (κ3) is 6.20. The Morgan fingerprint density at radius 2 is 2.00 bits per heavy atom. The van der Waals surface area contributed by atoms with E-state index in [-0.39, 0.29) is 19.0 Å². The molecule has 0 spiro atoms. The molecule has 8 heteroatoms. The van der Waals surface area contributed by atoms with Gasteiger partial charge in [0, 0.05) is 12.2 Å². The summed E-state index contributed by atoms with van der Waals surface area (Å²) < 4.78 is 0. The first-order valence-electron chi connectivity index (χ1n) is 8.20. The zero-order chi connectivity index (χ0) is 19.9. The fraction of sp³-hybridized carbons (Fsp3) is 0.389. The van der Waals surface area contributed by atoms with Gasteiger partial charge in [0.2, 0.25) is 5.91 Å². The minimum Gasteiger partial charge on any atom is -0.350 e. The van der Waals surface area contributed by atoms with Crippen LogP contribution in [-0.4, -0.2) is 28.5 Å². The number of nitrogens with two attached hydrogens (primary N) is 2. The summed E-state index contributed by atoms with van der Waals surface area (Å²) in [5.74, 6) is 11.2. The SMILES string of the molecule is C=C(CC(C)C)N(N)C(=O)N(N)CC(=O)NCc1ccc(C)c(C#N)c1. The van der Waals surface area contributed by atoms with Crippen molar-refractivity contribution in [2.45, 2.75) is 33.7 Å². The van der Waals surface area contributed by atoms with E-state index >= 15 is 0 Å². The van der Waals surface area contributed by atoms with Gasteiger partial charge in [-0.1, -0.05) is 32.6 Å². The number of nitrogens with one attached hydrogen (secondary N) is 1. The first-order valence-corrected chi connectivity index (χ1v) is 8.20. The van der Waals surface area contributed by atoms with E-state index in [1.165, 1.54) is 0 Å². The van der Waals surface area contributed by atoms with Crippen LogP contribution in [-0.2, 0) is 11.3 Å². The maximum absolute atomic E-state index is 12.1. The van der Waals surface area contributed by atoms with E-state index in [1.54, 1.807) is 6.07 Å². The van der Waals surface area contributed by atoms with E-state index in [2.05, 4.69) is 18.0 Å². The van der Waals surface area contributed by atoms with Gasteiger partial charge in [-0.05, 0) is 36.5 Å². The molecule has 0 heterocycles. The van der Waals surface area contributed by atoms with Crippen LogP contribution in [0.4, 0.5) is 4.79 Å². The average Bonchev–Trinajstić information content (AvgIpc) is 2.58. The lowest BCUT2D eigenvalue weighted by molar-refractivity contribution is -0.122. The largest absolute Gasteiger partial charge is 0.353 e. The molecule has 1 rings (SSSR count). The molecule has 0 aliphatic carbocycles. The maximum atomic E-state index is 12.1. The maximum Gasteiger partial charge on any atom is 0.353 e. The molecule has 0 fully saturated rings. The fourth-order valence-electron chi connectivity index (χ4n) is 2.22. The summed E-state index contributed by atoms with van der Waals surface area (Å²) in [6.07, 6.45) is 0.539. The Balaban J connectivity index is 2.55. The summed E-state index contributed by atoms with van der Waals surface area (Å²) in [5, 5.41) is 13.3. The molecular formula is C18H26N6O2. The van der Waals surface area contributed by atoms with E-state index < -0.39 is 11.9 Å². The van der Waals surface area contributed by atoms with Crippen molar-refractivity contribution in [1.29, 1.82) is 5.26 Å². The molecule has 0 saturated heterocycles. The van der Waals surface area contributed by atoms with Crippen molar-refractivity contribution in [1.82, 2.24) is 15.3 Å². The molecule has 5 N–H and O–H groups in total. The fourth-order valence-corrected chi connectivity index (χ4v) is 2.22. The van der Waals surface area contributed by atoms with Crippen LogP contribution in [0.2, 0.25) is 0 Å². The van der Waals surface area contributed by atoms with E-state index in [4.69, 9.17) is 16.9 Å². The topological polar surface area (TPSA) is 128 Å². The minimum atomic E-state index is -0.715. The van der Waals surface area contributed by atoms with Crippen molar-refractivity contribution >= 4 is 11.9 Å². The summed E-state index contributed by atoms with van der Waals surface area (Å²) in [7, 11) is 0. The molecule has 0 radical (unpaired) electrons. The molecule has 0 atom stereocenters. The zero-order valence-corrected chi connectivity index (χ0v) is 15.5. The Kier molecular flexibility index (Phi) is 7.77. The molecule has 0 aliphatic rings. The third-order valence-corrected chi connectivity index (χ3v) is 3.66. The van der Waals surface area contributed by atoms with Gasteiger partial charge in [0.05, 0.1) is 11.6 Å². The zero-order valence-electron chi connectivity index (χ0n) is 15.5. The normalized spacial score (nSPS) is 10.2. The highest BCUT2D eigenvalue weighted by atomic mass is 16.2. The van der Waals surface area contributed by atoms with Crippen LogP contribution in [0.15, 0.2) is 30.5 Å². The van der Waals surface area contributed by atoms with Gasteiger partial charge >= 0.3 is 6.03 Å². The number of hydrazine groups is 2. The Morgan fingerprint density at radius 3 is 2.58 bits per heavy atom.